The molecule has 0 atom stereocenters. The lowest BCUT2D eigenvalue weighted by Gasteiger charge is -2.04. The molecule has 3 aromatic carbocycles. The van der Waals surface area contributed by atoms with Gasteiger partial charge in [0.2, 0.25) is 5.13 Å². The Kier molecular flexibility index (Phi) is 6.30. The molecule has 0 spiro atoms. The highest BCUT2D eigenvalue weighted by atomic mass is 35.5. The van der Waals surface area contributed by atoms with E-state index >= 15 is 0 Å². The summed E-state index contributed by atoms with van der Waals surface area (Å²) < 4.78 is 1.74. The van der Waals surface area contributed by atoms with Gasteiger partial charge in [0.15, 0.2) is 5.69 Å². The number of nitrogens with one attached hydrogen (secondary N) is 2. The number of amides is 1. The first kappa shape index (κ1) is 23.2. The Hall–Kier alpha value is -4.20. The van der Waals surface area contributed by atoms with Crippen LogP contribution in [0.4, 0.5) is 0 Å². The molecule has 0 unspecified atom stereocenters. The van der Waals surface area contributed by atoms with Gasteiger partial charge in [0.1, 0.15) is 0 Å². The van der Waals surface area contributed by atoms with Crippen LogP contribution in [0.15, 0.2) is 96.5 Å². The van der Waals surface area contributed by atoms with Crippen LogP contribution in [-0.4, -0.2) is 32.2 Å². The van der Waals surface area contributed by atoms with Crippen LogP contribution in [-0.2, 0) is 6.42 Å². The van der Waals surface area contributed by atoms with E-state index < -0.39 is 0 Å². The molecule has 6 rings (SSSR count). The van der Waals surface area contributed by atoms with Crippen LogP contribution in [0.2, 0.25) is 5.02 Å². The zero-order chi connectivity index (χ0) is 25.2. The van der Waals surface area contributed by atoms with Crippen molar-refractivity contribution in [2.24, 2.45) is 0 Å². The van der Waals surface area contributed by atoms with Gasteiger partial charge in [-0.05, 0) is 36.2 Å². The van der Waals surface area contributed by atoms with Gasteiger partial charge >= 0.3 is 0 Å². The maximum absolute atomic E-state index is 13.1. The highest BCUT2D eigenvalue weighted by Gasteiger charge is 2.19. The van der Waals surface area contributed by atoms with E-state index in [9.17, 15) is 4.79 Å². The van der Waals surface area contributed by atoms with Crippen LogP contribution < -0.4 is 5.32 Å². The summed E-state index contributed by atoms with van der Waals surface area (Å²) in [4.78, 5) is 21.2. The summed E-state index contributed by atoms with van der Waals surface area (Å²) in [6, 6.07) is 27.4. The minimum absolute atomic E-state index is 0.217. The van der Waals surface area contributed by atoms with Crippen molar-refractivity contribution in [2.75, 3.05) is 6.54 Å². The van der Waals surface area contributed by atoms with E-state index in [1.54, 1.807) is 4.68 Å². The van der Waals surface area contributed by atoms with Crippen molar-refractivity contribution < 1.29 is 4.79 Å². The predicted molar refractivity (Wildman–Crippen MR) is 149 cm³/mol. The van der Waals surface area contributed by atoms with Crippen molar-refractivity contribution in [1.29, 1.82) is 0 Å². The molecule has 0 fully saturated rings. The summed E-state index contributed by atoms with van der Waals surface area (Å²) in [5.41, 5.74) is 6.17. The number of benzene rings is 3. The van der Waals surface area contributed by atoms with Gasteiger partial charge < -0.3 is 10.3 Å². The number of hydrogen-bond acceptors (Lipinski definition) is 4. The van der Waals surface area contributed by atoms with Crippen LogP contribution in [0.5, 0.6) is 0 Å². The first-order chi connectivity index (χ1) is 18.2. The molecule has 0 aliphatic rings. The molecule has 3 heterocycles. The van der Waals surface area contributed by atoms with Crippen LogP contribution >= 0.6 is 22.9 Å². The smallest absolute Gasteiger partial charge is 0.271 e. The van der Waals surface area contributed by atoms with Gasteiger partial charge in [-0.25, -0.2) is 9.67 Å². The Morgan fingerprint density at radius 3 is 2.59 bits per heavy atom. The van der Waals surface area contributed by atoms with Crippen molar-refractivity contribution >= 4 is 39.7 Å². The normalized spacial score (nSPS) is 11.2. The maximum Gasteiger partial charge on any atom is 0.271 e. The van der Waals surface area contributed by atoms with E-state index in [1.807, 2.05) is 90.4 Å². The first-order valence-electron chi connectivity index (χ1n) is 11.9. The lowest BCUT2D eigenvalue weighted by molar-refractivity contribution is 0.0948. The van der Waals surface area contributed by atoms with Crippen LogP contribution in [0.1, 0.15) is 16.1 Å². The molecule has 1 amide bonds. The minimum Gasteiger partial charge on any atom is -0.361 e. The number of carbonyl (C=O) groups excluding carboxylic acids is 1. The molecule has 8 heteroatoms. The second kappa shape index (κ2) is 10.0. The predicted octanol–water partition coefficient (Wildman–Crippen LogP) is 6.77. The van der Waals surface area contributed by atoms with E-state index in [1.165, 1.54) is 22.3 Å². The van der Waals surface area contributed by atoms with Gasteiger partial charge in [-0.1, -0.05) is 72.3 Å². The highest BCUT2D eigenvalue weighted by molar-refractivity contribution is 7.12. The number of H-pyrrole nitrogens is 1. The van der Waals surface area contributed by atoms with E-state index in [0.29, 0.717) is 22.4 Å². The number of thiazole rings is 1. The number of hydrogen-bond donors (Lipinski definition) is 2. The molecule has 6 nitrogen and oxygen atoms in total. The molecule has 182 valence electrons. The molecule has 0 aliphatic heterocycles. The molecule has 0 bridgehead atoms. The molecular weight excluding hydrogens is 502 g/mol. The second-order valence-corrected chi connectivity index (χ2v) is 9.85. The van der Waals surface area contributed by atoms with E-state index in [-0.39, 0.29) is 5.91 Å². The van der Waals surface area contributed by atoms with Gasteiger partial charge in [-0.3, -0.25) is 4.79 Å². The van der Waals surface area contributed by atoms with E-state index in [4.69, 9.17) is 16.6 Å². The summed E-state index contributed by atoms with van der Waals surface area (Å²) >= 11 is 7.51. The SMILES string of the molecule is O=C(NCCc1c[nH]c2ccccc12)c1cc(-c2ccccc2)n(-c2nc(-c3ccc(Cl)cc3)cs2)n1. The van der Waals surface area contributed by atoms with Crippen molar-refractivity contribution in [2.45, 2.75) is 6.42 Å². The molecular formula is C29H22ClN5OS. The fourth-order valence-corrected chi connectivity index (χ4v) is 5.23. The zero-order valence-corrected chi connectivity index (χ0v) is 21.3. The number of rotatable bonds is 7. The Morgan fingerprint density at radius 2 is 1.76 bits per heavy atom. The average Bonchev–Trinajstić information content (AvgIpc) is 3.68. The molecule has 0 saturated heterocycles. The number of carbonyl (C=O) groups is 1. The summed E-state index contributed by atoms with van der Waals surface area (Å²) in [6.07, 6.45) is 2.72. The molecule has 0 radical (unpaired) electrons. The second-order valence-electron chi connectivity index (χ2n) is 8.58. The summed E-state index contributed by atoms with van der Waals surface area (Å²) in [7, 11) is 0. The lowest BCUT2D eigenvalue weighted by atomic mass is 10.1. The third-order valence-corrected chi connectivity index (χ3v) is 7.25. The molecule has 3 aromatic heterocycles. The fourth-order valence-electron chi connectivity index (χ4n) is 4.31. The summed E-state index contributed by atoms with van der Waals surface area (Å²) in [6.45, 7) is 0.506. The summed E-state index contributed by atoms with van der Waals surface area (Å²) in [5.74, 6) is -0.217. The molecule has 6 aromatic rings. The molecule has 0 aliphatic carbocycles. The number of fused-ring (bicyclic) bond motifs is 1. The number of aromatic amines is 1. The number of nitrogens with zero attached hydrogens (tertiary/aromatic N) is 3. The third kappa shape index (κ3) is 4.79. The molecule has 37 heavy (non-hydrogen) atoms. The maximum atomic E-state index is 13.1. The van der Waals surface area contributed by atoms with Crippen molar-refractivity contribution in [3.05, 3.63) is 113 Å². The van der Waals surface area contributed by atoms with Crippen LogP contribution in [0, 0.1) is 0 Å². The number of para-hydroxylation sites is 1. The molecule has 2 N–H and O–H groups in total. The van der Waals surface area contributed by atoms with Crippen molar-refractivity contribution in [3.63, 3.8) is 0 Å². The number of aromatic nitrogens is 4. The van der Waals surface area contributed by atoms with E-state index in [2.05, 4.69) is 21.5 Å². The summed E-state index contributed by atoms with van der Waals surface area (Å²) in [5, 5.41) is 12.2. The average molecular weight is 524 g/mol. The van der Waals surface area contributed by atoms with Crippen molar-refractivity contribution in [3.8, 4) is 27.6 Å². The van der Waals surface area contributed by atoms with Gasteiger partial charge in [-0.15, -0.1) is 11.3 Å². The Balaban J connectivity index is 1.26. The third-order valence-electron chi connectivity index (χ3n) is 6.18. The van der Waals surface area contributed by atoms with Crippen LogP contribution in [0.25, 0.3) is 38.5 Å². The topological polar surface area (TPSA) is 75.6 Å². The van der Waals surface area contributed by atoms with Gasteiger partial charge in [0.05, 0.1) is 11.4 Å². The number of halogens is 1. The Morgan fingerprint density at radius 1 is 0.973 bits per heavy atom. The van der Waals surface area contributed by atoms with Gasteiger partial charge in [-0.2, -0.15) is 5.10 Å². The quantitative estimate of drug-likeness (QED) is 0.242. The van der Waals surface area contributed by atoms with Crippen molar-refractivity contribution in [1.82, 2.24) is 25.1 Å². The largest absolute Gasteiger partial charge is 0.361 e. The fraction of sp³-hybridized carbons (Fsp3) is 0.0690. The van der Waals surface area contributed by atoms with Gasteiger partial charge in [0.25, 0.3) is 5.91 Å². The highest BCUT2D eigenvalue weighted by Crippen LogP contribution is 2.29. The standard InChI is InChI=1S/C29H22ClN5OS/c30-22-12-10-19(11-13-22)26-18-37-29(33-26)35-27(20-6-2-1-3-7-20)16-25(34-35)28(36)31-15-14-21-17-32-24-9-5-4-8-23(21)24/h1-13,16-18,32H,14-15H2,(H,31,36). The monoisotopic (exact) mass is 523 g/mol. The Bertz CT molecular complexity index is 1680. The Labute approximate surface area is 222 Å². The lowest BCUT2D eigenvalue weighted by Crippen LogP contribution is -2.26. The van der Waals surface area contributed by atoms with E-state index in [0.717, 1.165) is 34.5 Å². The van der Waals surface area contributed by atoms with Crippen LogP contribution in [0.3, 0.4) is 0 Å². The minimum atomic E-state index is -0.217. The molecule has 0 saturated carbocycles. The van der Waals surface area contributed by atoms with Gasteiger partial charge in [0, 0.05) is 45.2 Å². The first-order valence-corrected chi connectivity index (χ1v) is 13.1. The zero-order valence-electron chi connectivity index (χ0n) is 19.7.